The SMILES string of the molecule is CO[C@H]1CN(C(=O)C(CC(C)(C)C)NC(=O)c2ccc(N3CCN(C4CC4)CC3)cc2)[C@@H]2C(=O)CO[C@H]12. The molecule has 0 radical (unpaired) electrons. The van der Waals surface area contributed by atoms with Crippen LogP contribution in [0.3, 0.4) is 0 Å². The average molecular weight is 513 g/mol. The van der Waals surface area contributed by atoms with E-state index in [1.54, 1.807) is 12.0 Å². The van der Waals surface area contributed by atoms with Gasteiger partial charge in [0, 0.05) is 50.6 Å². The van der Waals surface area contributed by atoms with Gasteiger partial charge in [-0.2, -0.15) is 0 Å². The fourth-order valence-corrected chi connectivity index (χ4v) is 5.91. The summed E-state index contributed by atoms with van der Waals surface area (Å²) in [6.07, 6.45) is 2.30. The van der Waals surface area contributed by atoms with Crippen molar-refractivity contribution in [2.75, 3.05) is 51.3 Å². The number of nitrogens with one attached hydrogen (secondary N) is 1. The molecule has 0 bridgehead atoms. The topological polar surface area (TPSA) is 91.4 Å². The number of carbonyl (C=O) groups excluding carboxylic acids is 3. The lowest BCUT2D eigenvalue weighted by Gasteiger charge is -2.36. The third kappa shape index (κ3) is 5.68. The fraction of sp³-hybridized carbons (Fsp3) is 0.679. The summed E-state index contributed by atoms with van der Waals surface area (Å²) in [5.74, 6) is -0.671. The predicted molar refractivity (Wildman–Crippen MR) is 140 cm³/mol. The van der Waals surface area contributed by atoms with E-state index in [1.165, 1.54) is 12.8 Å². The standard InChI is InChI=1S/C28H40N4O5/c1-28(2,3)15-21(27(35)32-16-23(36-4)25-24(32)22(33)17-37-25)29-26(34)18-5-7-19(8-6-18)30-11-13-31(14-12-30)20-9-10-20/h5-8,20-21,23-25H,9-17H2,1-4H3,(H,29,34)/t21?,23-,24+,25+/m0/s1. The van der Waals surface area contributed by atoms with E-state index in [9.17, 15) is 14.4 Å². The maximum atomic E-state index is 13.7. The summed E-state index contributed by atoms with van der Waals surface area (Å²) in [6.45, 7) is 10.5. The zero-order valence-corrected chi connectivity index (χ0v) is 22.4. The smallest absolute Gasteiger partial charge is 0.251 e. The van der Waals surface area contributed by atoms with E-state index >= 15 is 0 Å². The molecule has 0 aromatic heterocycles. The van der Waals surface area contributed by atoms with Crippen molar-refractivity contribution < 1.29 is 23.9 Å². The minimum atomic E-state index is -0.757. The average Bonchev–Trinajstić information content (AvgIpc) is 3.56. The van der Waals surface area contributed by atoms with E-state index in [0.29, 0.717) is 12.0 Å². The minimum absolute atomic E-state index is 0.0166. The molecule has 1 aliphatic carbocycles. The summed E-state index contributed by atoms with van der Waals surface area (Å²) in [6, 6.07) is 7.03. The summed E-state index contributed by atoms with van der Waals surface area (Å²) in [5.41, 5.74) is 1.42. The van der Waals surface area contributed by atoms with Gasteiger partial charge in [-0.1, -0.05) is 20.8 Å². The first kappa shape index (κ1) is 26.1. The predicted octanol–water partition coefficient (Wildman–Crippen LogP) is 1.70. The highest BCUT2D eigenvalue weighted by Gasteiger charge is 2.53. The molecule has 9 nitrogen and oxygen atoms in total. The second kappa shape index (κ2) is 10.3. The third-order valence-electron chi connectivity index (χ3n) is 8.02. The van der Waals surface area contributed by atoms with Gasteiger partial charge in [0.15, 0.2) is 5.78 Å². The number of fused-ring (bicyclic) bond motifs is 1. The van der Waals surface area contributed by atoms with Gasteiger partial charge in [-0.25, -0.2) is 0 Å². The molecular weight excluding hydrogens is 472 g/mol. The number of nitrogens with zero attached hydrogens (tertiary/aromatic N) is 3. The first-order valence-corrected chi connectivity index (χ1v) is 13.5. The monoisotopic (exact) mass is 512 g/mol. The van der Waals surface area contributed by atoms with Crippen LogP contribution in [-0.2, 0) is 19.1 Å². The molecule has 0 spiro atoms. The van der Waals surface area contributed by atoms with Gasteiger partial charge in [-0.3, -0.25) is 19.3 Å². The number of piperazine rings is 1. The number of Topliss-reactive ketones (excluding diaryl/α,β-unsaturated/α-hetero) is 1. The molecule has 5 rings (SSSR count). The van der Waals surface area contributed by atoms with Crippen LogP contribution in [0.4, 0.5) is 5.69 Å². The Labute approximate surface area is 219 Å². The van der Waals surface area contributed by atoms with Crippen molar-refractivity contribution in [3.8, 4) is 0 Å². The lowest BCUT2D eigenvalue weighted by molar-refractivity contribution is -0.138. The summed E-state index contributed by atoms with van der Waals surface area (Å²) in [7, 11) is 1.56. The molecule has 4 atom stereocenters. The van der Waals surface area contributed by atoms with Crippen LogP contribution >= 0.6 is 0 Å². The molecule has 202 valence electrons. The lowest BCUT2D eigenvalue weighted by atomic mass is 9.87. The Kier molecular flexibility index (Phi) is 7.31. The van der Waals surface area contributed by atoms with Crippen molar-refractivity contribution in [1.82, 2.24) is 15.1 Å². The molecule has 37 heavy (non-hydrogen) atoms. The van der Waals surface area contributed by atoms with E-state index in [0.717, 1.165) is 37.9 Å². The summed E-state index contributed by atoms with van der Waals surface area (Å²) in [4.78, 5) is 46.0. The zero-order chi connectivity index (χ0) is 26.3. The second-order valence-electron chi connectivity index (χ2n) is 12.0. The number of likely N-dealkylation sites (tertiary alicyclic amines) is 1. The molecule has 3 aliphatic heterocycles. The van der Waals surface area contributed by atoms with Crippen LogP contribution in [0.1, 0.15) is 50.4 Å². The van der Waals surface area contributed by atoms with Gasteiger partial charge >= 0.3 is 0 Å². The highest BCUT2D eigenvalue weighted by atomic mass is 16.5. The number of ketones is 1. The fourth-order valence-electron chi connectivity index (χ4n) is 5.91. The quantitative estimate of drug-likeness (QED) is 0.595. The maximum Gasteiger partial charge on any atom is 0.251 e. The molecular formula is C28H40N4O5. The van der Waals surface area contributed by atoms with E-state index < -0.39 is 18.2 Å². The molecule has 1 aromatic carbocycles. The van der Waals surface area contributed by atoms with Crippen LogP contribution in [-0.4, -0.2) is 104 Å². The van der Waals surface area contributed by atoms with Gasteiger partial charge < -0.3 is 24.6 Å². The Hall–Kier alpha value is -2.49. The molecule has 3 heterocycles. The van der Waals surface area contributed by atoms with E-state index in [1.807, 2.05) is 45.0 Å². The van der Waals surface area contributed by atoms with Crippen LogP contribution in [0.25, 0.3) is 0 Å². The van der Waals surface area contributed by atoms with E-state index in [2.05, 4.69) is 15.1 Å². The van der Waals surface area contributed by atoms with Crippen LogP contribution in [0.15, 0.2) is 24.3 Å². The first-order chi connectivity index (χ1) is 17.6. The normalized spacial score (nSPS) is 27.4. The van der Waals surface area contributed by atoms with Crippen molar-refractivity contribution in [1.29, 1.82) is 0 Å². The molecule has 1 saturated carbocycles. The van der Waals surface area contributed by atoms with Crippen molar-refractivity contribution in [3.05, 3.63) is 29.8 Å². The molecule has 1 aromatic rings. The van der Waals surface area contributed by atoms with Crippen molar-refractivity contribution in [2.45, 2.75) is 70.4 Å². The number of rotatable bonds is 7. The molecule has 1 unspecified atom stereocenters. The number of amides is 2. The highest BCUT2D eigenvalue weighted by molar-refractivity contribution is 5.99. The van der Waals surface area contributed by atoms with Crippen molar-refractivity contribution in [2.24, 2.45) is 5.41 Å². The van der Waals surface area contributed by atoms with Crippen LogP contribution in [0.2, 0.25) is 0 Å². The maximum absolute atomic E-state index is 13.7. The molecule has 2 amide bonds. The first-order valence-electron chi connectivity index (χ1n) is 13.5. The number of hydrogen-bond donors (Lipinski definition) is 1. The number of methoxy groups -OCH3 is 1. The third-order valence-corrected chi connectivity index (χ3v) is 8.02. The number of ether oxygens (including phenoxy) is 2. The second-order valence-corrected chi connectivity index (χ2v) is 12.0. The zero-order valence-electron chi connectivity index (χ0n) is 22.4. The minimum Gasteiger partial charge on any atom is -0.377 e. The molecule has 4 aliphatic rings. The van der Waals surface area contributed by atoms with Gasteiger partial charge in [0.05, 0.1) is 6.54 Å². The van der Waals surface area contributed by atoms with Crippen LogP contribution in [0, 0.1) is 5.41 Å². The van der Waals surface area contributed by atoms with Gasteiger partial charge in [0.25, 0.3) is 5.91 Å². The Morgan fingerprint density at radius 2 is 1.78 bits per heavy atom. The number of anilines is 1. The Morgan fingerprint density at radius 3 is 2.38 bits per heavy atom. The number of carbonyl (C=O) groups is 3. The molecule has 9 heteroatoms. The van der Waals surface area contributed by atoms with Crippen LogP contribution < -0.4 is 10.2 Å². The molecule has 3 saturated heterocycles. The lowest BCUT2D eigenvalue weighted by Crippen LogP contribution is -2.53. The Balaban J connectivity index is 1.26. The van der Waals surface area contributed by atoms with Crippen LogP contribution in [0.5, 0.6) is 0 Å². The molecule has 4 fully saturated rings. The highest BCUT2D eigenvalue weighted by Crippen LogP contribution is 2.32. The van der Waals surface area contributed by atoms with Crippen molar-refractivity contribution >= 4 is 23.3 Å². The largest absolute Gasteiger partial charge is 0.377 e. The van der Waals surface area contributed by atoms with Gasteiger partial charge in [-0.15, -0.1) is 0 Å². The van der Waals surface area contributed by atoms with E-state index in [4.69, 9.17) is 9.47 Å². The van der Waals surface area contributed by atoms with Gasteiger partial charge in [-0.05, 0) is 48.9 Å². The van der Waals surface area contributed by atoms with E-state index in [-0.39, 0.29) is 42.3 Å². The van der Waals surface area contributed by atoms with Crippen molar-refractivity contribution in [3.63, 3.8) is 0 Å². The number of hydrogen-bond acceptors (Lipinski definition) is 7. The number of benzene rings is 1. The summed E-state index contributed by atoms with van der Waals surface area (Å²) < 4.78 is 11.1. The summed E-state index contributed by atoms with van der Waals surface area (Å²) in [5, 5.41) is 2.97. The molecule has 1 N–H and O–H groups in total. The van der Waals surface area contributed by atoms with Gasteiger partial charge in [0.2, 0.25) is 5.91 Å². The Bertz CT molecular complexity index is 1010. The Morgan fingerprint density at radius 1 is 1.11 bits per heavy atom. The van der Waals surface area contributed by atoms with Gasteiger partial charge in [0.1, 0.15) is 30.9 Å². The summed E-state index contributed by atoms with van der Waals surface area (Å²) >= 11 is 0.